The number of carbonyl (C=O) groups is 1. The van der Waals surface area contributed by atoms with Gasteiger partial charge in [0.25, 0.3) is 0 Å². The second kappa shape index (κ2) is 4.31. The van der Waals surface area contributed by atoms with Crippen molar-refractivity contribution in [1.82, 2.24) is 5.43 Å². The monoisotopic (exact) mass is 160 g/mol. The SMILES string of the molecule is COCCC(C)(C)C(=O)NN. The minimum absolute atomic E-state index is 0.158. The van der Waals surface area contributed by atoms with Crippen molar-refractivity contribution in [2.75, 3.05) is 13.7 Å². The maximum absolute atomic E-state index is 11.0. The highest BCUT2D eigenvalue weighted by atomic mass is 16.5. The largest absolute Gasteiger partial charge is 0.385 e. The first-order valence-electron chi connectivity index (χ1n) is 3.54. The molecule has 66 valence electrons. The molecule has 0 atom stereocenters. The van der Waals surface area contributed by atoms with Gasteiger partial charge in [-0.25, -0.2) is 5.84 Å². The summed E-state index contributed by atoms with van der Waals surface area (Å²) in [7, 11) is 1.61. The Morgan fingerprint density at radius 3 is 2.55 bits per heavy atom. The zero-order valence-corrected chi connectivity index (χ0v) is 7.31. The summed E-state index contributed by atoms with van der Waals surface area (Å²) in [6.45, 7) is 4.23. The second-order valence-electron chi connectivity index (χ2n) is 3.10. The van der Waals surface area contributed by atoms with E-state index < -0.39 is 5.41 Å². The Kier molecular flexibility index (Phi) is 4.07. The number of ether oxygens (including phenoxy) is 1. The molecule has 0 aromatic rings. The first-order chi connectivity index (χ1) is 5.04. The van der Waals surface area contributed by atoms with E-state index in [-0.39, 0.29) is 5.91 Å². The summed E-state index contributed by atoms with van der Waals surface area (Å²) in [5.41, 5.74) is 1.68. The van der Waals surface area contributed by atoms with Crippen molar-refractivity contribution in [1.29, 1.82) is 0 Å². The Morgan fingerprint density at radius 2 is 2.18 bits per heavy atom. The number of rotatable bonds is 4. The van der Waals surface area contributed by atoms with Crippen LogP contribution < -0.4 is 11.3 Å². The van der Waals surface area contributed by atoms with Crippen molar-refractivity contribution >= 4 is 5.91 Å². The molecule has 0 aliphatic heterocycles. The fourth-order valence-corrected chi connectivity index (χ4v) is 0.666. The van der Waals surface area contributed by atoms with Gasteiger partial charge in [0.15, 0.2) is 0 Å². The van der Waals surface area contributed by atoms with Crippen molar-refractivity contribution in [3.8, 4) is 0 Å². The number of amides is 1. The van der Waals surface area contributed by atoms with Crippen LogP contribution in [-0.2, 0) is 9.53 Å². The van der Waals surface area contributed by atoms with Gasteiger partial charge in [-0.2, -0.15) is 0 Å². The lowest BCUT2D eigenvalue weighted by atomic mass is 9.89. The standard InChI is InChI=1S/C7H16N2O2/c1-7(2,4-5-11-3)6(10)9-8/h4-5,8H2,1-3H3,(H,9,10). The normalized spacial score (nSPS) is 11.3. The molecule has 0 heterocycles. The topological polar surface area (TPSA) is 64.3 Å². The van der Waals surface area contributed by atoms with Crippen LogP contribution in [-0.4, -0.2) is 19.6 Å². The minimum atomic E-state index is -0.440. The molecular formula is C7H16N2O2. The quantitative estimate of drug-likeness (QED) is 0.346. The molecule has 4 heteroatoms. The van der Waals surface area contributed by atoms with Crippen LogP contribution in [0.1, 0.15) is 20.3 Å². The van der Waals surface area contributed by atoms with Gasteiger partial charge in [-0.15, -0.1) is 0 Å². The molecule has 1 amide bonds. The van der Waals surface area contributed by atoms with E-state index in [1.165, 1.54) is 0 Å². The number of hydrogen-bond acceptors (Lipinski definition) is 3. The fourth-order valence-electron chi connectivity index (χ4n) is 0.666. The molecule has 0 spiro atoms. The van der Waals surface area contributed by atoms with Crippen LogP contribution in [0.2, 0.25) is 0 Å². The molecule has 0 rings (SSSR count). The number of methoxy groups -OCH3 is 1. The first-order valence-corrected chi connectivity index (χ1v) is 3.54. The molecule has 0 aromatic heterocycles. The van der Waals surface area contributed by atoms with Gasteiger partial charge in [0.05, 0.1) is 0 Å². The summed E-state index contributed by atoms with van der Waals surface area (Å²) in [6.07, 6.45) is 0.673. The molecule has 11 heavy (non-hydrogen) atoms. The van der Waals surface area contributed by atoms with Gasteiger partial charge in [0, 0.05) is 19.1 Å². The van der Waals surface area contributed by atoms with Gasteiger partial charge in [-0.3, -0.25) is 10.2 Å². The number of carbonyl (C=O) groups excluding carboxylic acids is 1. The Balaban J connectivity index is 3.88. The van der Waals surface area contributed by atoms with E-state index in [1.54, 1.807) is 7.11 Å². The van der Waals surface area contributed by atoms with Crippen LogP contribution in [0, 0.1) is 5.41 Å². The van der Waals surface area contributed by atoms with Gasteiger partial charge >= 0.3 is 0 Å². The number of hydrogen-bond donors (Lipinski definition) is 2. The summed E-state index contributed by atoms with van der Waals surface area (Å²) in [5, 5.41) is 0. The molecule has 0 saturated heterocycles. The lowest BCUT2D eigenvalue weighted by Gasteiger charge is -2.21. The fraction of sp³-hybridized carbons (Fsp3) is 0.857. The van der Waals surface area contributed by atoms with E-state index in [0.29, 0.717) is 13.0 Å². The zero-order valence-electron chi connectivity index (χ0n) is 7.31. The Hall–Kier alpha value is -0.610. The summed E-state index contributed by atoms with van der Waals surface area (Å²) < 4.78 is 4.85. The van der Waals surface area contributed by atoms with Gasteiger partial charge < -0.3 is 4.74 Å². The van der Waals surface area contributed by atoms with Crippen LogP contribution in [0.4, 0.5) is 0 Å². The maximum atomic E-state index is 11.0. The Labute approximate surface area is 67.1 Å². The minimum Gasteiger partial charge on any atom is -0.385 e. The van der Waals surface area contributed by atoms with E-state index in [9.17, 15) is 4.79 Å². The van der Waals surface area contributed by atoms with Gasteiger partial charge in [0.1, 0.15) is 0 Å². The predicted octanol–water partition coefficient (Wildman–Crippen LogP) is 0.0390. The summed E-state index contributed by atoms with van der Waals surface area (Å²) in [6, 6.07) is 0. The molecule has 0 aliphatic carbocycles. The lowest BCUT2D eigenvalue weighted by molar-refractivity contribution is -0.130. The van der Waals surface area contributed by atoms with Crippen LogP contribution in [0.15, 0.2) is 0 Å². The zero-order chi connectivity index (χ0) is 8.91. The summed E-state index contributed by atoms with van der Waals surface area (Å²) >= 11 is 0. The van der Waals surface area contributed by atoms with Crippen molar-refractivity contribution in [3.63, 3.8) is 0 Å². The highest BCUT2D eigenvalue weighted by molar-refractivity contribution is 5.81. The number of hydrazine groups is 1. The van der Waals surface area contributed by atoms with Crippen LogP contribution in [0.5, 0.6) is 0 Å². The van der Waals surface area contributed by atoms with Gasteiger partial charge in [-0.05, 0) is 6.42 Å². The lowest BCUT2D eigenvalue weighted by Crippen LogP contribution is -2.41. The third kappa shape index (κ3) is 3.34. The number of nitrogens with two attached hydrogens (primary N) is 1. The molecule has 0 fully saturated rings. The third-order valence-corrected chi connectivity index (χ3v) is 1.68. The average Bonchev–Trinajstić information content (AvgIpc) is 1.99. The van der Waals surface area contributed by atoms with Crippen molar-refractivity contribution < 1.29 is 9.53 Å². The molecule has 0 aromatic carbocycles. The molecule has 4 nitrogen and oxygen atoms in total. The highest BCUT2D eigenvalue weighted by Crippen LogP contribution is 2.19. The molecule has 0 bridgehead atoms. The van der Waals surface area contributed by atoms with Gasteiger partial charge in [-0.1, -0.05) is 13.8 Å². The Bertz CT molecular complexity index is 134. The van der Waals surface area contributed by atoms with Crippen LogP contribution >= 0.6 is 0 Å². The number of nitrogens with one attached hydrogen (secondary N) is 1. The van der Waals surface area contributed by atoms with Crippen LogP contribution in [0.3, 0.4) is 0 Å². The first kappa shape index (κ1) is 10.4. The average molecular weight is 160 g/mol. The van der Waals surface area contributed by atoms with Crippen molar-refractivity contribution in [2.24, 2.45) is 11.3 Å². The van der Waals surface area contributed by atoms with E-state index in [4.69, 9.17) is 10.6 Å². The van der Waals surface area contributed by atoms with Crippen molar-refractivity contribution in [2.45, 2.75) is 20.3 Å². The molecule has 0 radical (unpaired) electrons. The molecule has 0 saturated carbocycles. The molecule has 3 N–H and O–H groups in total. The summed E-state index contributed by atoms with van der Waals surface area (Å²) in [4.78, 5) is 11.0. The molecular weight excluding hydrogens is 144 g/mol. The third-order valence-electron chi connectivity index (χ3n) is 1.68. The Morgan fingerprint density at radius 1 is 1.64 bits per heavy atom. The predicted molar refractivity (Wildman–Crippen MR) is 42.6 cm³/mol. The van der Waals surface area contributed by atoms with Crippen LogP contribution in [0.25, 0.3) is 0 Å². The second-order valence-corrected chi connectivity index (χ2v) is 3.10. The van der Waals surface area contributed by atoms with E-state index in [0.717, 1.165) is 0 Å². The van der Waals surface area contributed by atoms with Crippen molar-refractivity contribution in [3.05, 3.63) is 0 Å². The highest BCUT2D eigenvalue weighted by Gasteiger charge is 2.25. The van der Waals surface area contributed by atoms with E-state index in [1.807, 2.05) is 13.8 Å². The summed E-state index contributed by atoms with van der Waals surface area (Å²) in [5.74, 6) is 4.83. The molecule has 0 aliphatic rings. The van der Waals surface area contributed by atoms with E-state index in [2.05, 4.69) is 5.43 Å². The smallest absolute Gasteiger partial charge is 0.239 e. The molecule has 0 unspecified atom stereocenters. The van der Waals surface area contributed by atoms with E-state index >= 15 is 0 Å². The maximum Gasteiger partial charge on any atom is 0.239 e. The van der Waals surface area contributed by atoms with Gasteiger partial charge in [0.2, 0.25) is 5.91 Å².